The van der Waals surface area contributed by atoms with Crippen molar-refractivity contribution in [3.8, 4) is 0 Å². The van der Waals surface area contributed by atoms with Crippen molar-refractivity contribution in [1.29, 1.82) is 0 Å². The fourth-order valence-corrected chi connectivity index (χ4v) is 6.52. The number of aliphatic hydroxyl groups excluding tert-OH is 1. The smallest absolute Gasteiger partial charge is 0.405 e. The van der Waals surface area contributed by atoms with Gasteiger partial charge in [-0.25, -0.2) is 14.4 Å². The van der Waals surface area contributed by atoms with Crippen LogP contribution in [0.5, 0.6) is 0 Å². The zero-order valence-corrected chi connectivity index (χ0v) is 28.2. The molecule has 0 bridgehead atoms. The lowest BCUT2D eigenvalue weighted by Crippen LogP contribution is -2.51. The summed E-state index contributed by atoms with van der Waals surface area (Å²) in [4.78, 5) is 41.7. The van der Waals surface area contributed by atoms with Crippen molar-refractivity contribution in [3.63, 3.8) is 0 Å². The normalized spacial score (nSPS) is 23.1. The maximum Gasteiger partial charge on any atom is 0.405 e. The molecule has 2 heterocycles. The molecule has 1 aromatic heterocycles. The number of benzene rings is 1. The number of ether oxygens (including phenoxy) is 2. The van der Waals surface area contributed by atoms with Crippen LogP contribution in [-0.4, -0.2) is 80.3 Å². The number of nitrogen functional groups attached to an aromatic ring is 1. The summed E-state index contributed by atoms with van der Waals surface area (Å²) in [5.74, 6) is -1.06. The van der Waals surface area contributed by atoms with E-state index in [4.69, 9.17) is 30.0 Å². The van der Waals surface area contributed by atoms with Gasteiger partial charge in [-0.1, -0.05) is 63.4 Å². The van der Waals surface area contributed by atoms with Crippen molar-refractivity contribution < 1.29 is 42.9 Å². The first-order chi connectivity index (χ1) is 21.5. The second kappa shape index (κ2) is 17.1. The highest BCUT2D eigenvalue weighted by molar-refractivity contribution is 8.13. The van der Waals surface area contributed by atoms with E-state index in [-0.39, 0.29) is 49.8 Å². The van der Waals surface area contributed by atoms with E-state index in [9.17, 15) is 29.2 Å². The number of anilines is 1. The lowest BCUT2D eigenvalue weighted by molar-refractivity contribution is -0.166. The molecule has 1 fully saturated rings. The minimum atomic E-state index is -4.14. The molecule has 15 nitrogen and oxygen atoms in total. The first-order valence-corrected chi connectivity index (χ1v) is 17.2. The summed E-state index contributed by atoms with van der Waals surface area (Å²) in [5.41, 5.74) is 8.59. The molecular formula is C30H48N5O10PS. The Morgan fingerprint density at radius 3 is 2.49 bits per heavy atom. The summed E-state index contributed by atoms with van der Waals surface area (Å²) < 4.78 is 38.0. The number of esters is 1. The van der Waals surface area contributed by atoms with Crippen molar-refractivity contribution in [2.45, 2.75) is 78.7 Å². The zero-order chi connectivity index (χ0) is 34.3. The van der Waals surface area contributed by atoms with E-state index in [0.29, 0.717) is 0 Å². The molecule has 0 aliphatic carbocycles. The van der Waals surface area contributed by atoms with Crippen molar-refractivity contribution in [2.24, 2.45) is 17.1 Å². The predicted octanol–water partition coefficient (Wildman–Crippen LogP) is 2.21. The Kier molecular flexibility index (Phi) is 14.8. The third-order valence-corrected chi connectivity index (χ3v) is 10.1. The van der Waals surface area contributed by atoms with E-state index >= 15 is 0 Å². The number of rotatable bonds is 16. The number of nitrogens with zero attached hydrogens (tertiary/aromatic N) is 2. The van der Waals surface area contributed by atoms with Crippen molar-refractivity contribution in [3.05, 3.63) is 58.6 Å². The maximum absolute atomic E-state index is 14.0. The Balaban J connectivity index is 0.00000768. The second-order valence-corrected chi connectivity index (χ2v) is 14.9. The molecule has 3 rings (SSSR count). The molecule has 1 unspecified atom stereocenters. The summed E-state index contributed by atoms with van der Waals surface area (Å²) in [5, 5.41) is 23.6. The van der Waals surface area contributed by atoms with Crippen LogP contribution in [0.1, 0.15) is 53.8 Å². The average Bonchev–Trinajstić information content (AvgIpc) is 3.25. The molecule has 2 aromatic rings. The van der Waals surface area contributed by atoms with Crippen LogP contribution >= 0.6 is 19.5 Å². The van der Waals surface area contributed by atoms with E-state index in [2.05, 4.69) is 10.1 Å². The monoisotopic (exact) mass is 701 g/mol. The molecule has 47 heavy (non-hydrogen) atoms. The number of hydrogen-bond acceptors (Lipinski definition) is 14. The number of aliphatic hydroxyl groups is 2. The van der Waals surface area contributed by atoms with Crippen LogP contribution in [0.2, 0.25) is 0 Å². The summed E-state index contributed by atoms with van der Waals surface area (Å²) >= 11 is 0.916. The van der Waals surface area contributed by atoms with Gasteiger partial charge in [0.1, 0.15) is 23.6 Å². The lowest BCUT2D eigenvalue weighted by Gasteiger charge is -2.31. The summed E-state index contributed by atoms with van der Waals surface area (Å²) in [6.45, 7) is 7.02. The third kappa shape index (κ3) is 10.7. The van der Waals surface area contributed by atoms with Gasteiger partial charge in [0.2, 0.25) is 0 Å². The highest BCUT2D eigenvalue weighted by Crippen LogP contribution is 2.47. The largest absolute Gasteiger partial charge is 0.455 e. The van der Waals surface area contributed by atoms with Crippen LogP contribution in [-0.2, 0) is 39.2 Å². The van der Waals surface area contributed by atoms with Crippen molar-refractivity contribution in [1.82, 2.24) is 14.6 Å². The van der Waals surface area contributed by atoms with Gasteiger partial charge >= 0.3 is 19.4 Å². The molecule has 0 amide bonds. The molecule has 7 N–H and O–H groups in total. The van der Waals surface area contributed by atoms with Gasteiger partial charge in [0.05, 0.1) is 25.2 Å². The topological polar surface area (TPSA) is 228 Å². The minimum absolute atomic E-state index is 0. The summed E-state index contributed by atoms with van der Waals surface area (Å²) in [6, 6.07) is 9.34. The fraction of sp³-hybridized carbons (Fsp3) is 0.600. The number of carbonyl (C=O) groups excluding carboxylic acids is 2. The fourth-order valence-electron chi connectivity index (χ4n) is 4.28. The summed E-state index contributed by atoms with van der Waals surface area (Å²) in [7, 11) is -4.14. The standard InChI is InChI=1S/C29H44N5O10PS.CH4/c1-18(2)22(31)24(36)44-23-20(43-25(29(23,5)39)34-12-11-21(30)33-27(34)38)16-42-45(40,32-15-19-9-7-6-8-10-19)41-13-14-46-26(37)28(3,4)17-35;/h6-12,18,20,22-23,25,35,39H,13-17,31H2,1-5H3,(H,32,40)(H2,30,33,38);1H4/t20-,22+,23-,25-,29-,45?;/m1./s1. The van der Waals surface area contributed by atoms with E-state index in [1.165, 1.54) is 19.2 Å². The van der Waals surface area contributed by atoms with Crippen LogP contribution in [0.25, 0.3) is 0 Å². The van der Waals surface area contributed by atoms with Crippen LogP contribution in [0.4, 0.5) is 5.82 Å². The first-order valence-electron chi connectivity index (χ1n) is 14.7. The van der Waals surface area contributed by atoms with Gasteiger partial charge in [-0.2, -0.15) is 4.98 Å². The van der Waals surface area contributed by atoms with Crippen LogP contribution < -0.4 is 22.2 Å². The van der Waals surface area contributed by atoms with Crippen molar-refractivity contribution in [2.75, 3.05) is 31.3 Å². The molecule has 0 radical (unpaired) electrons. The average molecular weight is 702 g/mol. The predicted molar refractivity (Wildman–Crippen MR) is 178 cm³/mol. The molecule has 0 spiro atoms. The Hall–Kier alpha value is -2.66. The third-order valence-electron chi connectivity index (χ3n) is 7.31. The van der Waals surface area contributed by atoms with Gasteiger partial charge in [0.25, 0.3) is 0 Å². The molecule has 1 aliphatic heterocycles. The van der Waals surface area contributed by atoms with Gasteiger partial charge in [0, 0.05) is 18.5 Å². The maximum atomic E-state index is 14.0. The number of hydrogen-bond donors (Lipinski definition) is 5. The second-order valence-electron chi connectivity index (χ2n) is 12.0. The Morgan fingerprint density at radius 1 is 1.23 bits per heavy atom. The summed E-state index contributed by atoms with van der Waals surface area (Å²) in [6.07, 6.45) is -2.83. The Labute approximate surface area is 279 Å². The number of nitrogens with one attached hydrogen (secondary N) is 1. The Morgan fingerprint density at radius 2 is 1.89 bits per heavy atom. The van der Waals surface area contributed by atoms with Gasteiger partial charge in [0.15, 0.2) is 17.4 Å². The molecule has 1 aromatic carbocycles. The molecule has 17 heteroatoms. The minimum Gasteiger partial charge on any atom is -0.455 e. The lowest BCUT2D eigenvalue weighted by atomic mass is 9.95. The molecule has 0 saturated carbocycles. The van der Waals surface area contributed by atoms with Gasteiger partial charge in [-0.05, 0) is 38.3 Å². The number of aromatic nitrogens is 2. The number of thioether (sulfide) groups is 1. The molecule has 6 atom stereocenters. The van der Waals surface area contributed by atoms with E-state index < -0.39 is 61.5 Å². The van der Waals surface area contributed by atoms with E-state index in [1.807, 2.05) is 6.07 Å². The van der Waals surface area contributed by atoms with Crippen LogP contribution in [0.15, 0.2) is 47.4 Å². The quantitative estimate of drug-likeness (QED) is 0.0960. The number of nitrogens with two attached hydrogens (primary N) is 2. The van der Waals surface area contributed by atoms with Crippen molar-refractivity contribution >= 4 is 36.4 Å². The van der Waals surface area contributed by atoms with Gasteiger partial charge in [-0.15, -0.1) is 0 Å². The highest BCUT2D eigenvalue weighted by Gasteiger charge is 2.57. The Bertz CT molecular complexity index is 1440. The number of carbonyl (C=O) groups is 2. The molecular weight excluding hydrogens is 653 g/mol. The molecule has 264 valence electrons. The van der Waals surface area contributed by atoms with E-state index in [1.54, 1.807) is 52.0 Å². The van der Waals surface area contributed by atoms with Gasteiger partial charge in [-0.3, -0.25) is 23.2 Å². The van der Waals surface area contributed by atoms with Crippen LogP contribution in [0.3, 0.4) is 0 Å². The van der Waals surface area contributed by atoms with E-state index in [0.717, 1.165) is 21.9 Å². The van der Waals surface area contributed by atoms with Crippen LogP contribution in [0, 0.1) is 11.3 Å². The molecule has 1 saturated heterocycles. The molecule has 1 aliphatic rings. The SMILES string of the molecule is C.CC(C)[C@H](N)C(=O)O[C@@H]1[C@@H](COP(=O)(NCc2ccccc2)OCCSC(=O)C(C)(C)CO)O[C@@H](n2ccc(N)nc2=O)[C@]1(C)O. The highest BCUT2D eigenvalue weighted by atomic mass is 32.2. The van der Waals surface area contributed by atoms with Gasteiger partial charge < -0.3 is 31.2 Å². The zero-order valence-electron chi connectivity index (χ0n) is 26.5. The first kappa shape index (κ1) is 40.5.